The second kappa shape index (κ2) is 9.64. The summed E-state index contributed by atoms with van der Waals surface area (Å²) in [4.78, 5) is 55.6. The Balaban J connectivity index is 1.59. The summed E-state index contributed by atoms with van der Waals surface area (Å²) in [6, 6.07) is 7.61. The molecule has 2 aromatic heterocycles. The van der Waals surface area contributed by atoms with Crippen LogP contribution >= 0.6 is 11.3 Å². The van der Waals surface area contributed by atoms with E-state index < -0.39 is 35.4 Å². The monoisotopic (exact) mass is 484 g/mol. The first kappa shape index (κ1) is 23.4. The van der Waals surface area contributed by atoms with E-state index in [4.69, 9.17) is 5.11 Å². The minimum atomic E-state index is -1.28. The number of carbonyl (C=O) groups is 3. The van der Waals surface area contributed by atoms with Crippen LogP contribution in [0, 0.1) is 0 Å². The quantitative estimate of drug-likeness (QED) is 0.464. The molecule has 0 fully saturated rings. The lowest BCUT2D eigenvalue weighted by Crippen LogP contribution is -2.37. The largest absolute Gasteiger partial charge is 0.492 e. The van der Waals surface area contributed by atoms with Crippen molar-refractivity contribution in [2.45, 2.75) is 39.2 Å². The predicted octanol–water partition coefficient (Wildman–Crippen LogP) is 1.82. The molecule has 0 spiro atoms. The number of aromatic hydroxyl groups is 1. The van der Waals surface area contributed by atoms with Crippen LogP contribution in [0.5, 0.6) is 5.88 Å². The van der Waals surface area contributed by atoms with E-state index in [0.717, 1.165) is 24.1 Å². The number of fused-ring (bicyclic) bond motifs is 3. The number of aromatic nitrogens is 2. The molecule has 0 saturated carbocycles. The number of nitrogens with one attached hydrogen (secondary N) is 1. The molecule has 0 unspecified atom stereocenters. The first-order chi connectivity index (χ1) is 16.3. The molecule has 4 rings (SSSR count). The number of aliphatic carboxylic acids is 1. The van der Waals surface area contributed by atoms with E-state index >= 15 is 0 Å². The number of hydrogen-bond acceptors (Lipinski definition) is 7. The van der Waals surface area contributed by atoms with Crippen molar-refractivity contribution in [1.29, 1.82) is 0 Å². The number of unbranched alkanes of at least 4 members (excludes halogenated alkanes) is 1. The highest BCUT2D eigenvalue weighted by Crippen LogP contribution is 2.29. The Labute approximate surface area is 198 Å². The van der Waals surface area contributed by atoms with Crippen LogP contribution in [0.3, 0.4) is 0 Å². The zero-order chi connectivity index (χ0) is 24.4. The van der Waals surface area contributed by atoms with E-state index in [1.807, 2.05) is 24.3 Å². The van der Waals surface area contributed by atoms with Gasteiger partial charge in [0.1, 0.15) is 6.54 Å². The summed E-state index contributed by atoms with van der Waals surface area (Å²) >= 11 is 1.17. The van der Waals surface area contributed by atoms with Crippen LogP contribution in [-0.2, 0) is 24.2 Å². The average Bonchev–Trinajstić information content (AvgIpc) is 3.18. The summed E-state index contributed by atoms with van der Waals surface area (Å²) in [5.74, 6) is -3.17. The number of carboxylic acid groups (broad SMARTS) is 1. The van der Waals surface area contributed by atoms with Gasteiger partial charge in [0.2, 0.25) is 10.8 Å². The molecule has 0 bridgehead atoms. The molecule has 34 heavy (non-hydrogen) atoms. The molecule has 3 heterocycles. The van der Waals surface area contributed by atoms with Crippen LogP contribution in [0.1, 0.15) is 56.6 Å². The van der Waals surface area contributed by atoms with Gasteiger partial charge in [0.25, 0.3) is 17.4 Å². The summed E-state index contributed by atoms with van der Waals surface area (Å²) in [6.07, 6.45) is 3.55. The van der Waals surface area contributed by atoms with Gasteiger partial charge in [0.05, 0.1) is 6.54 Å². The van der Waals surface area contributed by atoms with Crippen LogP contribution < -0.4 is 10.9 Å². The Bertz CT molecular complexity index is 1330. The number of hydrogen-bond donors (Lipinski definition) is 3. The van der Waals surface area contributed by atoms with Gasteiger partial charge in [-0.1, -0.05) is 36.8 Å². The molecule has 1 aliphatic heterocycles. The SMILES string of the molecule is CCCCc1ccc(C(=O)N2CCc3c(sc4nc(O)c(C(=O)NCC(=O)O)c(=O)n34)C2)cc1. The first-order valence-electron chi connectivity index (χ1n) is 10.9. The van der Waals surface area contributed by atoms with E-state index in [1.165, 1.54) is 21.3 Å². The maximum atomic E-state index is 13.0. The molecule has 0 saturated heterocycles. The van der Waals surface area contributed by atoms with Crippen LogP contribution in [0.4, 0.5) is 0 Å². The molecule has 1 aliphatic rings. The van der Waals surface area contributed by atoms with E-state index in [1.54, 1.807) is 4.90 Å². The molecule has 3 N–H and O–H groups in total. The Morgan fingerprint density at radius 2 is 1.94 bits per heavy atom. The minimum absolute atomic E-state index is 0.109. The number of thiazole rings is 1. The molecule has 11 heteroatoms. The highest BCUT2D eigenvalue weighted by atomic mass is 32.1. The van der Waals surface area contributed by atoms with Crippen molar-refractivity contribution in [3.05, 3.63) is 61.9 Å². The normalized spacial score (nSPS) is 13.0. The maximum absolute atomic E-state index is 13.0. The van der Waals surface area contributed by atoms with Crippen molar-refractivity contribution in [2.75, 3.05) is 13.1 Å². The fourth-order valence-corrected chi connectivity index (χ4v) is 5.12. The van der Waals surface area contributed by atoms with Crippen molar-refractivity contribution in [3.8, 4) is 5.88 Å². The molecule has 0 aliphatic carbocycles. The number of carbonyl (C=O) groups excluding carboxylic acids is 2. The van der Waals surface area contributed by atoms with Gasteiger partial charge < -0.3 is 20.4 Å². The van der Waals surface area contributed by atoms with Gasteiger partial charge in [-0.2, -0.15) is 4.98 Å². The third-order valence-corrected chi connectivity index (χ3v) is 6.79. The van der Waals surface area contributed by atoms with Crippen molar-refractivity contribution < 1.29 is 24.6 Å². The van der Waals surface area contributed by atoms with E-state index in [9.17, 15) is 24.3 Å². The topological polar surface area (TPSA) is 141 Å². The van der Waals surface area contributed by atoms with Crippen LogP contribution in [0.25, 0.3) is 4.96 Å². The van der Waals surface area contributed by atoms with Gasteiger partial charge >= 0.3 is 5.97 Å². The van der Waals surface area contributed by atoms with Crippen LogP contribution in [-0.4, -0.2) is 55.4 Å². The summed E-state index contributed by atoms with van der Waals surface area (Å²) in [5, 5.41) is 21.0. The van der Waals surface area contributed by atoms with E-state index in [2.05, 4.69) is 17.2 Å². The Morgan fingerprint density at radius 3 is 2.62 bits per heavy atom. The molecular formula is C23H24N4O6S. The van der Waals surface area contributed by atoms with Crippen molar-refractivity contribution >= 4 is 34.1 Å². The summed E-state index contributed by atoms with van der Waals surface area (Å²) in [7, 11) is 0. The standard InChI is InChI=1S/C23H24N4O6S/c1-2-3-4-13-5-7-14(8-6-13)21(32)26-10-9-15-16(12-26)34-23-25-20(31)18(22(33)27(15)23)19(30)24-11-17(28)29/h5-8,31H,2-4,9-12H2,1H3,(H,24,30)(H,28,29). The first-order valence-corrected chi connectivity index (χ1v) is 11.8. The second-order valence-electron chi connectivity index (χ2n) is 8.06. The molecule has 2 amide bonds. The van der Waals surface area contributed by atoms with E-state index in [-0.39, 0.29) is 17.4 Å². The lowest BCUT2D eigenvalue weighted by molar-refractivity contribution is -0.135. The fraction of sp³-hybridized carbons (Fsp3) is 0.348. The predicted molar refractivity (Wildman–Crippen MR) is 124 cm³/mol. The fourth-order valence-electron chi connectivity index (χ4n) is 3.95. The minimum Gasteiger partial charge on any atom is -0.492 e. The van der Waals surface area contributed by atoms with Gasteiger partial charge in [0, 0.05) is 29.1 Å². The maximum Gasteiger partial charge on any atom is 0.322 e. The Kier molecular flexibility index (Phi) is 6.64. The molecular weight excluding hydrogens is 460 g/mol. The third-order valence-electron chi connectivity index (χ3n) is 5.73. The Morgan fingerprint density at radius 1 is 1.21 bits per heavy atom. The van der Waals surface area contributed by atoms with Gasteiger partial charge in [0.15, 0.2) is 5.56 Å². The van der Waals surface area contributed by atoms with Crippen LogP contribution in [0.15, 0.2) is 29.1 Å². The molecule has 10 nitrogen and oxygen atoms in total. The zero-order valence-corrected chi connectivity index (χ0v) is 19.4. The number of benzene rings is 1. The van der Waals surface area contributed by atoms with Crippen molar-refractivity contribution in [3.63, 3.8) is 0 Å². The molecule has 0 radical (unpaired) electrons. The van der Waals surface area contributed by atoms with Crippen LogP contribution in [0.2, 0.25) is 0 Å². The third kappa shape index (κ3) is 4.51. The van der Waals surface area contributed by atoms with Gasteiger partial charge in [-0.05, 0) is 30.5 Å². The molecule has 178 valence electrons. The summed E-state index contributed by atoms with van der Waals surface area (Å²) < 4.78 is 1.26. The summed E-state index contributed by atoms with van der Waals surface area (Å²) in [5.41, 5.74) is 1.03. The highest BCUT2D eigenvalue weighted by molar-refractivity contribution is 7.17. The highest BCUT2D eigenvalue weighted by Gasteiger charge is 2.29. The van der Waals surface area contributed by atoms with Gasteiger partial charge in [-0.25, -0.2) is 0 Å². The molecule has 1 aromatic carbocycles. The number of aryl methyl sites for hydroxylation is 1. The second-order valence-corrected chi connectivity index (χ2v) is 9.12. The van der Waals surface area contributed by atoms with Crippen molar-refractivity contribution in [2.24, 2.45) is 0 Å². The lowest BCUT2D eigenvalue weighted by Gasteiger charge is -2.26. The average molecular weight is 485 g/mol. The van der Waals surface area contributed by atoms with Gasteiger partial charge in [-0.3, -0.25) is 23.6 Å². The number of nitrogens with zero attached hydrogens (tertiary/aromatic N) is 3. The van der Waals surface area contributed by atoms with Crippen molar-refractivity contribution in [1.82, 2.24) is 19.6 Å². The zero-order valence-electron chi connectivity index (χ0n) is 18.5. The number of rotatable bonds is 7. The number of amides is 2. The number of carboxylic acids is 1. The smallest absolute Gasteiger partial charge is 0.322 e. The summed E-state index contributed by atoms with van der Waals surface area (Å²) in [6.45, 7) is 2.10. The molecule has 3 aromatic rings. The lowest BCUT2D eigenvalue weighted by atomic mass is 10.0. The Hall–Kier alpha value is -3.73. The molecule has 0 atom stereocenters. The van der Waals surface area contributed by atoms with Gasteiger partial charge in [-0.15, -0.1) is 0 Å². The van der Waals surface area contributed by atoms with E-state index in [0.29, 0.717) is 24.2 Å².